The molecule has 0 saturated carbocycles. The number of fused-ring (bicyclic) bond motifs is 1. The largest absolute Gasteiger partial charge is 0.362 e. The zero-order chi connectivity index (χ0) is 15.5. The van der Waals surface area contributed by atoms with E-state index in [1.54, 1.807) is 0 Å². The second-order valence-electron chi connectivity index (χ2n) is 4.42. The van der Waals surface area contributed by atoms with Crippen LogP contribution in [0.15, 0.2) is 24.7 Å². The molecular formula is C13H12F2N6S. The van der Waals surface area contributed by atoms with E-state index >= 15 is 0 Å². The van der Waals surface area contributed by atoms with Gasteiger partial charge in [-0.3, -0.25) is 4.98 Å². The summed E-state index contributed by atoms with van der Waals surface area (Å²) in [5.41, 5.74) is 6.00. The summed E-state index contributed by atoms with van der Waals surface area (Å²) in [6, 6.07) is 2.85. The summed E-state index contributed by atoms with van der Waals surface area (Å²) in [6.45, 7) is -0.00323. The molecule has 1 atom stereocenters. The molecule has 0 fully saturated rings. The van der Waals surface area contributed by atoms with Crippen LogP contribution in [0.5, 0.6) is 0 Å². The molecule has 0 spiro atoms. The minimum atomic E-state index is -1.33. The Balaban J connectivity index is 1.87. The highest BCUT2D eigenvalue weighted by Gasteiger charge is 2.17. The molecule has 3 heterocycles. The van der Waals surface area contributed by atoms with Crippen LogP contribution in [0.2, 0.25) is 0 Å². The fraction of sp³-hybridized carbons (Fsp3) is 0.231. The first kappa shape index (κ1) is 14.7. The van der Waals surface area contributed by atoms with Crippen LogP contribution in [0.25, 0.3) is 10.3 Å². The van der Waals surface area contributed by atoms with E-state index in [9.17, 15) is 8.78 Å². The maximum Gasteiger partial charge on any atom is 0.164 e. The van der Waals surface area contributed by atoms with Crippen LogP contribution in [-0.4, -0.2) is 26.5 Å². The SMILES string of the molecule is NC[C@@H](F)c1nc2c(NCc3ncccc3F)ncnc2s1. The zero-order valence-electron chi connectivity index (χ0n) is 11.3. The van der Waals surface area contributed by atoms with Gasteiger partial charge in [0.05, 0.1) is 12.2 Å². The van der Waals surface area contributed by atoms with Crippen molar-refractivity contribution in [2.24, 2.45) is 5.73 Å². The van der Waals surface area contributed by atoms with Crippen molar-refractivity contribution >= 4 is 27.5 Å². The van der Waals surface area contributed by atoms with Gasteiger partial charge in [-0.25, -0.2) is 23.7 Å². The van der Waals surface area contributed by atoms with Crippen molar-refractivity contribution in [1.82, 2.24) is 19.9 Å². The van der Waals surface area contributed by atoms with Gasteiger partial charge in [0.25, 0.3) is 0 Å². The van der Waals surface area contributed by atoms with E-state index in [0.717, 1.165) is 11.3 Å². The molecule has 9 heteroatoms. The number of halogens is 2. The molecule has 0 radical (unpaired) electrons. The minimum absolute atomic E-state index is 0.140. The van der Waals surface area contributed by atoms with Gasteiger partial charge in [-0.05, 0) is 12.1 Å². The second kappa shape index (κ2) is 6.24. The minimum Gasteiger partial charge on any atom is -0.362 e. The van der Waals surface area contributed by atoms with Crippen molar-refractivity contribution in [3.63, 3.8) is 0 Å². The van der Waals surface area contributed by atoms with Crippen molar-refractivity contribution in [1.29, 1.82) is 0 Å². The summed E-state index contributed by atoms with van der Waals surface area (Å²) >= 11 is 1.12. The summed E-state index contributed by atoms with van der Waals surface area (Å²) in [5, 5.41) is 3.21. The summed E-state index contributed by atoms with van der Waals surface area (Å²) in [6.07, 6.45) is 1.52. The number of nitrogens with zero attached hydrogens (tertiary/aromatic N) is 4. The number of hydrogen-bond acceptors (Lipinski definition) is 7. The Morgan fingerprint density at radius 1 is 1.32 bits per heavy atom. The number of thiazole rings is 1. The van der Waals surface area contributed by atoms with Gasteiger partial charge >= 0.3 is 0 Å². The number of hydrogen-bond donors (Lipinski definition) is 2. The van der Waals surface area contributed by atoms with Crippen LogP contribution >= 0.6 is 11.3 Å². The first-order valence-electron chi connectivity index (χ1n) is 6.48. The molecular weight excluding hydrogens is 310 g/mol. The first-order valence-corrected chi connectivity index (χ1v) is 7.29. The smallest absolute Gasteiger partial charge is 0.164 e. The van der Waals surface area contributed by atoms with E-state index in [4.69, 9.17) is 5.73 Å². The molecule has 114 valence electrons. The normalized spacial score (nSPS) is 12.5. The molecule has 6 nitrogen and oxygen atoms in total. The van der Waals surface area contributed by atoms with Crippen molar-refractivity contribution in [2.45, 2.75) is 12.7 Å². The highest BCUT2D eigenvalue weighted by atomic mass is 32.1. The Morgan fingerprint density at radius 3 is 2.95 bits per heavy atom. The lowest BCUT2D eigenvalue weighted by atomic mass is 10.3. The molecule has 0 saturated heterocycles. The molecule has 0 amide bonds. The summed E-state index contributed by atoms with van der Waals surface area (Å²) < 4.78 is 27.2. The summed E-state index contributed by atoms with van der Waals surface area (Å²) in [7, 11) is 0. The Hall–Kier alpha value is -2.26. The standard InChI is InChI=1S/C13H12F2N6S/c14-7-2-1-3-17-9(7)5-18-11-10-13(20-6-19-11)22-12(21-10)8(15)4-16/h1-3,6,8H,4-5,16H2,(H,18,19,20)/t8-/m1/s1. The van der Waals surface area contributed by atoms with Crippen LogP contribution in [0.4, 0.5) is 14.6 Å². The Labute approximate surface area is 128 Å². The molecule has 3 aromatic heterocycles. The number of rotatable bonds is 5. The molecule has 0 aliphatic rings. The zero-order valence-corrected chi connectivity index (χ0v) is 12.1. The van der Waals surface area contributed by atoms with Crippen LogP contribution in [0.3, 0.4) is 0 Å². The number of nitrogens with one attached hydrogen (secondary N) is 1. The molecule has 0 unspecified atom stereocenters. The van der Waals surface area contributed by atoms with E-state index in [0.29, 0.717) is 16.2 Å². The van der Waals surface area contributed by atoms with Crippen LogP contribution in [0, 0.1) is 5.82 Å². The number of aromatic nitrogens is 4. The fourth-order valence-corrected chi connectivity index (χ4v) is 2.75. The fourth-order valence-electron chi connectivity index (χ4n) is 1.85. The quantitative estimate of drug-likeness (QED) is 0.748. The van der Waals surface area contributed by atoms with Gasteiger partial charge in [0.2, 0.25) is 0 Å². The second-order valence-corrected chi connectivity index (χ2v) is 5.43. The predicted octanol–water partition coefficient (Wildman–Crippen LogP) is 2.20. The van der Waals surface area contributed by atoms with E-state index in [1.807, 2.05) is 0 Å². The molecule has 0 aliphatic heterocycles. The van der Waals surface area contributed by atoms with Gasteiger partial charge in [0.1, 0.15) is 27.5 Å². The first-order chi connectivity index (χ1) is 10.7. The third-order valence-corrected chi connectivity index (χ3v) is 3.99. The Morgan fingerprint density at radius 2 is 2.18 bits per heavy atom. The number of nitrogens with two attached hydrogens (primary N) is 1. The predicted molar refractivity (Wildman–Crippen MR) is 79.6 cm³/mol. The van der Waals surface area contributed by atoms with E-state index in [1.165, 1.54) is 24.7 Å². The van der Waals surface area contributed by atoms with Gasteiger partial charge < -0.3 is 11.1 Å². The summed E-state index contributed by atoms with van der Waals surface area (Å²) in [4.78, 5) is 16.8. The van der Waals surface area contributed by atoms with Crippen molar-refractivity contribution in [3.05, 3.63) is 41.2 Å². The molecule has 0 aliphatic carbocycles. The lowest BCUT2D eigenvalue weighted by Gasteiger charge is -2.05. The number of alkyl halides is 1. The maximum absolute atomic E-state index is 13.6. The molecule has 3 rings (SSSR count). The van der Waals surface area contributed by atoms with Gasteiger partial charge in [-0.1, -0.05) is 11.3 Å². The third kappa shape index (κ3) is 2.85. The van der Waals surface area contributed by atoms with Crippen molar-refractivity contribution in [3.8, 4) is 0 Å². The highest BCUT2D eigenvalue weighted by Crippen LogP contribution is 2.29. The summed E-state index contributed by atoms with van der Waals surface area (Å²) in [5.74, 6) is -0.00649. The Kier molecular flexibility index (Phi) is 4.16. The van der Waals surface area contributed by atoms with Crippen LogP contribution in [-0.2, 0) is 6.54 Å². The average Bonchev–Trinajstić information content (AvgIpc) is 2.98. The van der Waals surface area contributed by atoms with Crippen LogP contribution in [0.1, 0.15) is 16.9 Å². The topological polar surface area (TPSA) is 89.6 Å². The monoisotopic (exact) mass is 322 g/mol. The van der Waals surface area contributed by atoms with Gasteiger partial charge in [-0.15, -0.1) is 0 Å². The molecule has 0 aromatic carbocycles. The lowest BCUT2D eigenvalue weighted by Crippen LogP contribution is -2.07. The lowest BCUT2D eigenvalue weighted by molar-refractivity contribution is 0.352. The van der Waals surface area contributed by atoms with Gasteiger partial charge in [0.15, 0.2) is 12.0 Å². The van der Waals surface area contributed by atoms with Gasteiger partial charge in [0, 0.05) is 12.7 Å². The van der Waals surface area contributed by atoms with Crippen molar-refractivity contribution in [2.75, 3.05) is 11.9 Å². The number of anilines is 1. The third-order valence-electron chi connectivity index (χ3n) is 2.94. The molecule has 3 N–H and O–H groups in total. The Bertz CT molecular complexity index is 793. The molecule has 3 aromatic rings. The highest BCUT2D eigenvalue weighted by molar-refractivity contribution is 7.18. The molecule has 0 bridgehead atoms. The van der Waals surface area contributed by atoms with E-state index < -0.39 is 12.0 Å². The van der Waals surface area contributed by atoms with Gasteiger partial charge in [-0.2, -0.15) is 0 Å². The van der Waals surface area contributed by atoms with Crippen molar-refractivity contribution < 1.29 is 8.78 Å². The van der Waals surface area contributed by atoms with Crippen LogP contribution < -0.4 is 11.1 Å². The number of pyridine rings is 1. The average molecular weight is 322 g/mol. The maximum atomic E-state index is 13.6. The van der Waals surface area contributed by atoms with E-state index in [2.05, 4.69) is 25.3 Å². The molecule has 22 heavy (non-hydrogen) atoms. The van der Waals surface area contributed by atoms with E-state index in [-0.39, 0.29) is 23.8 Å².